The predicted octanol–water partition coefficient (Wildman–Crippen LogP) is 4.07. The molecule has 0 aromatic heterocycles. The summed E-state index contributed by atoms with van der Waals surface area (Å²) in [5.41, 5.74) is 2.75. The molecular formula is C16H25ClN2. The molecule has 2 nitrogen and oxygen atoms in total. The van der Waals surface area contributed by atoms with Gasteiger partial charge < -0.3 is 10.2 Å². The van der Waals surface area contributed by atoms with Crippen molar-refractivity contribution in [1.82, 2.24) is 5.32 Å². The van der Waals surface area contributed by atoms with Gasteiger partial charge in [0.1, 0.15) is 0 Å². The second kappa shape index (κ2) is 5.72. The molecule has 106 valence electrons. The van der Waals surface area contributed by atoms with Crippen molar-refractivity contribution in [2.45, 2.75) is 46.2 Å². The fourth-order valence-corrected chi connectivity index (χ4v) is 2.65. The van der Waals surface area contributed by atoms with Gasteiger partial charge in [0.15, 0.2) is 0 Å². The van der Waals surface area contributed by atoms with Gasteiger partial charge in [0.25, 0.3) is 0 Å². The topological polar surface area (TPSA) is 15.3 Å². The molecule has 0 radical (unpaired) electrons. The highest BCUT2D eigenvalue weighted by Crippen LogP contribution is 2.30. The number of anilines is 1. The Bertz CT molecular complexity index is 433. The lowest BCUT2D eigenvalue weighted by atomic mass is 9.95. The van der Waals surface area contributed by atoms with E-state index in [0.717, 1.165) is 18.1 Å². The lowest BCUT2D eigenvalue weighted by Crippen LogP contribution is -2.30. The Morgan fingerprint density at radius 2 is 2.00 bits per heavy atom. The predicted molar refractivity (Wildman–Crippen MR) is 84.0 cm³/mol. The molecule has 0 amide bonds. The zero-order valence-electron chi connectivity index (χ0n) is 12.5. The van der Waals surface area contributed by atoms with Gasteiger partial charge >= 0.3 is 0 Å². The molecule has 1 aliphatic carbocycles. The van der Waals surface area contributed by atoms with Crippen LogP contribution < -0.4 is 10.2 Å². The van der Waals surface area contributed by atoms with E-state index in [0.29, 0.717) is 6.04 Å². The Hall–Kier alpha value is -0.730. The van der Waals surface area contributed by atoms with E-state index in [-0.39, 0.29) is 5.41 Å². The number of nitrogens with one attached hydrogen (secondary N) is 1. The number of hydrogen-bond acceptors (Lipinski definition) is 2. The first kappa shape index (κ1) is 14.7. The fraction of sp³-hybridized carbons (Fsp3) is 0.625. The maximum atomic E-state index is 6.38. The quantitative estimate of drug-likeness (QED) is 0.874. The van der Waals surface area contributed by atoms with Crippen molar-refractivity contribution >= 4 is 17.3 Å². The monoisotopic (exact) mass is 280 g/mol. The van der Waals surface area contributed by atoms with E-state index in [1.807, 2.05) is 12.1 Å². The average molecular weight is 281 g/mol. The van der Waals surface area contributed by atoms with Crippen molar-refractivity contribution in [3.05, 3.63) is 28.8 Å². The van der Waals surface area contributed by atoms with Crippen LogP contribution in [0.3, 0.4) is 0 Å². The highest BCUT2D eigenvalue weighted by atomic mass is 35.5. The van der Waals surface area contributed by atoms with Crippen LogP contribution in [0, 0.1) is 5.41 Å². The number of benzene rings is 1. The molecule has 0 unspecified atom stereocenters. The van der Waals surface area contributed by atoms with E-state index in [4.69, 9.17) is 11.6 Å². The highest BCUT2D eigenvalue weighted by molar-refractivity contribution is 6.31. The number of nitrogens with zero attached hydrogens (tertiary/aromatic N) is 1. The van der Waals surface area contributed by atoms with Crippen LogP contribution in [0.2, 0.25) is 5.02 Å². The molecule has 0 saturated heterocycles. The minimum atomic E-state index is 0.276. The molecule has 0 bridgehead atoms. The maximum absolute atomic E-state index is 6.38. The van der Waals surface area contributed by atoms with Gasteiger partial charge in [-0.15, -0.1) is 0 Å². The summed E-state index contributed by atoms with van der Waals surface area (Å²) in [6.45, 7) is 8.67. The smallest absolute Gasteiger partial charge is 0.0471 e. The average Bonchev–Trinajstić information content (AvgIpc) is 3.08. The second-order valence-electron chi connectivity index (χ2n) is 6.81. The molecule has 1 aliphatic rings. The van der Waals surface area contributed by atoms with Crippen LogP contribution in [0.4, 0.5) is 5.69 Å². The summed E-state index contributed by atoms with van der Waals surface area (Å²) < 4.78 is 0. The summed E-state index contributed by atoms with van der Waals surface area (Å²) >= 11 is 6.38. The maximum Gasteiger partial charge on any atom is 0.0471 e. The number of rotatable bonds is 5. The summed E-state index contributed by atoms with van der Waals surface area (Å²) in [5.74, 6) is 0. The first-order valence-corrected chi connectivity index (χ1v) is 7.46. The molecule has 2 rings (SSSR count). The Balaban J connectivity index is 2.15. The van der Waals surface area contributed by atoms with Crippen LogP contribution in [0.5, 0.6) is 0 Å². The molecule has 0 atom stereocenters. The molecule has 1 aromatic rings. The zero-order chi connectivity index (χ0) is 14.0. The molecule has 0 aliphatic heterocycles. The first-order valence-electron chi connectivity index (χ1n) is 7.09. The van der Waals surface area contributed by atoms with E-state index in [1.165, 1.54) is 24.1 Å². The zero-order valence-corrected chi connectivity index (χ0v) is 13.2. The minimum Gasteiger partial charge on any atom is -0.374 e. The van der Waals surface area contributed by atoms with E-state index in [9.17, 15) is 0 Å². The molecule has 19 heavy (non-hydrogen) atoms. The third kappa shape index (κ3) is 4.39. The van der Waals surface area contributed by atoms with Gasteiger partial charge in [0.05, 0.1) is 0 Å². The van der Waals surface area contributed by atoms with Gasteiger partial charge in [-0.3, -0.25) is 0 Å². The third-order valence-corrected chi connectivity index (χ3v) is 3.72. The largest absolute Gasteiger partial charge is 0.374 e. The number of hydrogen-bond donors (Lipinski definition) is 1. The summed E-state index contributed by atoms with van der Waals surface area (Å²) in [6, 6.07) is 6.90. The van der Waals surface area contributed by atoms with Crippen molar-refractivity contribution in [3.8, 4) is 0 Å². The van der Waals surface area contributed by atoms with Crippen LogP contribution in [-0.4, -0.2) is 19.6 Å². The Labute approximate surface area is 122 Å². The van der Waals surface area contributed by atoms with Gasteiger partial charge in [0.2, 0.25) is 0 Å². The molecule has 0 heterocycles. The van der Waals surface area contributed by atoms with Crippen LogP contribution in [0.1, 0.15) is 39.2 Å². The Morgan fingerprint density at radius 3 is 2.58 bits per heavy atom. The number of halogens is 1. The summed E-state index contributed by atoms with van der Waals surface area (Å²) in [6.07, 6.45) is 2.61. The van der Waals surface area contributed by atoms with Crippen molar-refractivity contribution in [2.75, 3.05) is 18.5 Å². The molecule has 1 saturated carbocycles. The lowest BCUT2D eigenvalue weighted by Gasteiger charge is -2.30. The lowest BCUT2D eigenvalue weighted by molar-refractivity contribution is 0.418. The van der Waals surface area contributed by atoms with E-state index in [2.05, 4.69) is 44.1 Å². The van der Waals surface area contributed by atoms with Crippen LogP contribution >= 0.6 is 11.6 Å². The van der Waals surface area contributed by atoms with E-state index >= 15 is 0 Å². The Morgan fingerprint density at radius 1 is 1.32 bits per heavy atom. The first-order chi connectivity index (χ1) is 8.87. The molecule has 0 spiro atoms. The summed E-state index contributed by atoms with van der Waals surface area (Å²) in [5, 5.41) is 4.43. The fourth-order valence-electron chi connectivity index (χ4n) is 2.41. The summed E-state index contributed by atoms with van der Waals surface area (Å²) in [4.78, 5) is 2.32. The van der Waals surface area contributed by atoms with Gasteiger partial charge in [-0.05, 0) is 30.4 Å². The summed E-state index contributed by atoms with van der Waals surface area (Å²) in [7, 11) is 2.15. The molecule has 1 aromatic carbocycles. The van der Waals surface area contributed by atoms with Crippen molar-refractivity contribution in [1.29, 1.82) is 0 Å². The molecule has 1 fully saturated rings. The van der Waals surface area contributed by atoms with Crippen molar-refractivity contribution < 1.29 is 0 Å². The molecule has 3 heteroatoms. The van der Waals surface area contributed by atoms with Crippen molar-refractivity contribution in [2.24, 2.45) is 5.41 Å². The van der Waals surface area contributed by atoms with Gasteiger partial charge in [-0.25, -0.2) is 0 Å². The second-order valence-corrected chi connectivity index (χ2v) is 7.22. The SMILES string of the molecule is CN(CC(C)(C)C)c1cccc(Cl)c1CNC1CC1. The van der Waals surface area contributed by atoms with E-state index < -0.39 is 0 Å². The highest BCUT2D eigenvalue weighted by Gasteiger charge is 2.22. The van der Waals surface area contributed by atoms with Gasteiger partial charge in [-0.2, -0.15) is 0 Å². The van der Waals surface area contributed by atoms with Gasteiger partial charge in [0, 0.05) is 42.5 Å². The normalized spacial score (nSPS) is 15.6. The van der Waals surface area contributed by atoms with Crippen LogP contribution in [0.15, 0.2) is 18.2 Å². The van der Waals surface area contributed by atoms with E-state index in [1.54, 1.807) is 0 Å². The third-order valence-electron chi connectivity index (χ3n) is 3.36. The van der Waals surface area contributed by atoms with Crippen LogP contribution in [-0.2, 0) is 6.54 Å². The van der Waals surface area contributed by atoms with Gasteiger partial charge in [-0.1, -0.05) is 38.4 Å². The van der Waals surface area contributed by atoms with Crippen molar-refractivity contribution in [3.63, 3.8) is 0 Å². The molecule has 1 N–H and O–H groups in total. The standard InChI is InChI=1S/C16H25ClN2/c1-16(2,3)11-19(4)15-7-5-6-14(17)13(15)10-18-12-8-9-12/h5-7,12,18H,8-11H2,1-4H3. The molecular weight excluding hydrogens is 256 g/mol. The minimum absolute atomic E-state index is 0.276. The van der Waals surface area contributed by atoms with Crippen LogP contribution in [0.25, 0.3) is 0 Å². The Kier molecular flexibility index (Phi) is 4.42.